The number of sulfonamides is 1. The molecule has 0 aliphatic carbocycles. The molecule has 1 saturated heterocycles. The van der Waals surface area contributed by atoms with E-state index in [-0.39, 0.29) is 49.3 Å². The van der Waals surface area contributed by atoms with Gasteiger partial charge in [0.1, 0.15) is 5.75 Å². The monoisotopic (exact) mass is 433 g/mol. The molecule has 2 aromatic rings. The molecular formula is C20H23N3O6S. The highest BCUT2D eigenvalue weighted by atomic mass is 32.2. The van der Waals surface area contributed by atoms with Crippen LogP contribution in [0.5, 0.6) is 5.75 Å². The van der Waals surface area contributed by atoms with Gasteiger partial charge in [0, 0.05) is 38.3 Å². The zero-order valence-corrected chi connectivity index (χ0v) is 17.6. The highest BCUT2D eigenvalue weighted by Gasteiger charge is 2.30. The number of rotatable bonds is 6. The Morgan fingerprint density at radius 2 is 1.70 bits per heavy atom. The second-order valence-electron chi connectivity index (χ2n) is 7.09. The van der Waals surface area contributed by atoms with Gasteiger partial charge in [-0.1, -0.05) is 12.1 Å². The molecule has 0 atom stereocenters. The van der Waals surface area contributed by atoms with Crippen LogP contribution in [0.3, 0.4) is 0 Å². The third-order valence-electron chi connectivity index (χ3n) is 4.97. The average molecular weight is 433 g/mol. The summed E-state index contributed by atoms with van der Waals surface area (Å²) in [5, 5.41) is 10.7. The summed E-state index contributed by atoms with van der Waals surface area (Å²) in [6.45, 7) is 4.53. The van der Waals surface area contributed by atoms with Crippen LogP contribution < -0.4 is 4.74 Å². The number of amides is 1. The summed E-state index contributed by atoms with van der Waals surface area (Å²) in [5.41, 5.74) is 1.80. The Morgan fingerprint density at radius 3 is 2.30 bits per heavy atom. The molecule has 1 aliphatic heterocycles. The lowest BCUT2D eigenvalue weighted by molar-refractivity contribution is -0.384. The van der Waals surface area contributed by atoms with E-state index in [0.29, 0.717) is 5.75 Å². The third kappa shape index (κ3) is 4.77. The number of piperazine rings is 1. The number of benzene rings is 2. The first kappa shape index (κ1) is 21.7. The van der Waals surface area contributed by atoms with Crippen LogP contribution in [0.4, 0.5) is 5.69 Å². The number of carbonyl (C=O) groups is 1. The molecule has 30 heavy (non-hydrogen) atoms. The minimum Gasteiger partial charge on any atom is -0.483 e. The third-order valence-corrected chi connectivity index (χ3v) is 6.88. The molecule has 1 aliphatic rings. The maximum Gasteiger partial charge on any atom is 0.269 e. The van der Waals surface area contributed by atoms with Crippen molar-refractivity contribution in [3.05, 3.63) is 63.7 Å². The predicted octanol–water partition coefficient (Wildman–Crippen LogP) is 2.12. The predicted molar refractivity (Wildman–Crippen MR) is 110 cm³/mol. The lowest BCUT2D eigenvalue weighted by Gasteiger charge is -2.34. The molecule has 3 rings (SSSR count). The van der Waals surface area contributed by atoms with Gasteiger partial charge in [-0.2, -0.15) is 4.31 Å². The Labute approximate surface area is 175 Å². The van der Waals surface area contributed by atoms with E-state index < -0.39 is 14.9 Å². The molecule has 0 bridgehead atoms. The molecule has 9 nitrogen and oxygen atoms in total. The van der Waals surface area contributed by atoms with Crippen LogP contribution in [-0.2, 0) is 14.8 Å². The lowest BCUT2D eigenvalue weighted by Crippen LogP contribution is -2.51. The molecule has 160 valence electrons. The molecule has 1 fully saturated rings. The Hall–Kier alpha value is -2.98. The van der Waals surface area contributed by atoms with Gasteiger partial charge in [-0.05, 0) is 43.2 Å². The number of non-ortho nitro benzene ring substituents is 1. The minimum atomic E-state index is -3.78. The van der Waals surface area contributed by atoms with Gasteiger partial charge < -0.3 is 9.64 Å². The van der Waals surface area contributed by atoms with E-state index >= 15 is 0 Å². The second-order valence-corrected chi connectivity index (χ2v) is 9.03. The van der Waals surface area contributed by atoms with Crippen molar-refractivity contribution < 1.29 is 22.9 Å². The van der Waals surface area contributed by atoms with Crippen molar-refractivity contribution in [1.29, 1.82) is 0 Å². The van der Waals surface area contributed by atoms with Crippen LogP contribution in [-0.4, -0.2) is 61.2 Å². The molecule has 1 heterocycles. The number of nitro benzene ring substituents is 1. The molecule has 0 saturated carbocycles. The van der Waals surface area contributed by atoms with E-state index in [9.17, 15) is 23.3 Å². The highest BCUT2D eigenvalue weighted by Crippen LogP contribution is 2.22. The maximum atomic E-state index is 12.8. The summed E-state index contributed by atoms with van der Waals surface area (Å²) >= 11 is 0. The van der Waals surface area contributed by atoms with Crippen molar-refractivity contribution in [1.82, 2.24) is 9.21 Å². The summed E-state index contributed by atoms with van der Waals surface area (Å²) in [5.74, 6) is 0.450. The van der Waals surface area contributed by atoms with Gasteiger partial charge in [0.15, 0.2) is 6.61 Å². The van der Waals surface area contributed by atoms with Crippen LogP contribution in [0.2, 0.25) is 0 Å². The number of hydrogen-bond acceptors (Lipinski definition) is 6. The first-order chi connectivity index (χ1) is 14.2. The number of nitro groups is 1. The van der Waals surface area contributed by atoms with Crippen LogP contribution in [0.25, 0.3) is 0 Å². The molecule has 1 amide bonds. The fraction of sp³-hybridized carbons (Fsp3) is 0.350. The van der Waals surface area contributed by atoms with E-state index in [2.05, 4.69) is 0 Å². The smallest absolute Gasteiger partial charge is 0.269 e. The van der Waals surface area contributed by atoms with Crippen molar-refractivity contribution in [3.8, 4) is 5.75 Å². The molecule has 0 unspecified atom stereocenters. The molecule has 10 heteroatoms. The van der Waals surface area contributed by atoms with Crippen LogP contribution >= 0.6 is 0 Å². The molecular weight excluding hydrogens is 410 g/mol. The SMILES string of the molecule is Cc1ccc(C)c(OCC(=O)N2CCN(S(=O)(=O)c3ccc([N+](=O)[O-])cc3)CC2)c1. The van der Waals surface area contributed by atoms with Crippen molar-refractivity contribution >= 4 is 21.6 Å². The fourth-order valence-corrected chi connectivity index (χ4v) is 4.58. The number of carbonyl (C=O) groups excluding carboxylic acids is 1. The van der Waals surface area contributed by atoms with Crippen molar-refractivity contribution in [2.45, 2.75) is 18.7 Å². The average Bonchev–Trinajstić information content (AvgIpc) is 2.74. The summed E-state index contributed by atoms with van der Waals surface area (Å²) in [6.07, 6.45) is 0. The molecule has 0 spiro atoms. The summed E-state index contributed by atoms with van der Waals surface area (Å²) < 4.78 is 32.4. The quantitative estimate of drug-likeness (QED) is 0.510. The summed E-state index contributed by atoms with van der Waals surface area (Å²) in [7, 11) is -3.78. The van der Waals surface area contributed by atoms with Gasteiger partial charge in [-0.25, -0.2) is 8.42 Å². The van der Waals surface area contributed by atoms with Crippen molar-refractivity contribution in [2.24, 2.45) is 0 Å². The Balaban J connectivity index is 1.57. The minimum absolute atomic E-state index is 0.00821. The van der Waals surface area contributed by atoms with E-state index in [1.165, 1.54) is 16.4 Å². The lowest BCUT2D eigenvalue weighted by atomic mass is 10.1. The van der Waals surface area contributed by atoms with Crippen molar-refractivity contribution in [3.63, 3.8) is 0 Å². The number of hydrogen-bond donors (Lipinski definition) is 0. The van der Waals surface area contributed by atoms with E-state index in [0.717, 1.165) is 23.3 Å². The van der Waals surface area contributed by atoms with Gasteiger partial charge >= 0.3 is 0 Å². The molecule has 0 N–H and O–H groups in total. The Morgan fingerprint density at radius 1 is 1.07 bits per heavy atom. The maximum absolute atomic E-state index is 12.8. The first-order valence-electron chi connectivity index (χ1n) is 9.41. The largest absolute Gasteiger partial charge is 0.483 e. The summed E-state index contributed by atoms with van der Waals surface area (Å²) in [4.78, 5) is 24.2. The van der Waals surface area contributed by atoms with Crippen LogP contribution in [0.1, 0.15) is 11.1 Å². The van der Waals surface area contributed by atoms with Gasteiger partial charge in [0.05, 0.1) is 9.82 Å². The van der Waals surface area contributed by atoms with Gasteiger partial charge in [0.25, 0.3) is 11.6 Å². The topological polar surface area (TPSA) is 110 Å². The van der Waals surface area contributed by atoms with E-state index in [4.69, 9.17) is 4.74 Å². The van der Waals surface area contributed by atoms with Gasteiger partial charge in [0.2, 0.25) is 10.0 Å². The van der Waals surface area contributed by atoms with Gasteiger partial charge in [-0.15, -0.1) is 0 Å². The van der Waals surface area contributed by atoms with E-state index in [1.807, 2.05) is 32.0 Å². The molecule has 2 aromatic carbocycles. The molecule has 0 aromatic heterocycles. The summed E-state index contributed by atoms with van der Waals surface area (Å²) in [6, 6.07) is 10.5. The highest BCUT2D eigenvalue weighted by molar-refractivity contribution is 7.89. The zero-order valence-electron chi connectivity index (χ0n) is 16.8. The number of nitrogens with zero attached hydrogens (tertiary/aromatic N) is 3. The van der Waals surface area contributed by atoms with Crippen LogP contribution in [0.15, 0.2) is 47.4 Å². The van der Waals surface area contributed by atoms with Crippen LogP contribution in [0, 0.1) is 24.0 Å². The van der Waals surface area contributed by atoms with Gasteiger partial charge in [-0.3, -0.25) is 14.9 Å². The standard InChI is InChI=1S/C20H23N3O6S/c1-15-3-4-16(2)19(13-15)29-14-20(24)21-9-11-22(12-10-21)30(27,28)18-7-5-17(6-8-18)23(25)26/h3-8,13H,9-12,14H2,1-2H3. The Kier molecular flexibility index (Phi) is 6.37. The van der Waals surface area contributed by atoms with E-state index in [1.54, 1.807) is 4.90 Å². The second kappa shape index (κ2) is 8.80. The molecule has 0 radical (unpaired) electrons. The number of aryl methyl sites for hydroxylation is 2. The normalized spacial score (nSPS) is 15.1. The van der Waals surface area contributed by atoms with Crippen molar-refractivity contribution in [2.75, 3.05) is 32.8 Å². The Bertz CT molecular complexity index is 1040. The zero-order chi connectivity index (χ0) is 21.9. The first-order valence-corrected chi connectivity index (χ1v) is 10.8. The number of ether oxygens (including phenoxy) is 1. The fourth-order valence-electron chi connectivity index (χ4n) is 3.16.